The van der Waals surface area contributed by atoms with Crippen LogP contribution in [0.4, 0.5) is 0 Å². The highest BCUT2D eigenvalue weighted by Gasteiger charge is 2.42. The summed E-state index contributed by atoms with van der Waals surface area (Å²) in [7, 11) is 0. The van der Waals surface area contributed by atoms with Crippen LogP contribution in [0.25, 0.3) is 33.4 Å². The lowest BCUT2D eigenvalue weighted by atomic mass is 9.74. The molecule has 0 spiro atoms. The molecule has 11 aromatic carbocycles. The first kappa shape index (κ1) is 52.7. The highest BCUT2D eigenvalue weighted by atomic mass is 14.4. The van der Waals surface area contributed by atoms with E-state index in [1.54, 1.807) is 0 Å². The molecule has 0 aromatic heterocycles. The molecule has 15 rings (SSSR count). The van der Waals surface area contributed by atoms with Crippen molar-refractivity contribution in [2.75, 3.05) is 0 Å². The summed E-state index contributed by atoms with van der Waals surface area (Å²) in [6.07, 6.45) is 10.2. The quantitative estimate of drug-likeness (QED) is 0.107. The predicted octanol–water partition coefficient (Wildman–Crippen LogP) is 21.4. The molecule has 4 aliphatic rings. The maximum atomic E-state index is 2.60. The molecule has 0 heterocycles. The van der Waals surface area contributed by atoms with Gasteiger partial charge in [-0.15, -0.1) is 0 Å². The van der Waals surface area contributed by atoms with Crippen molar-refractivity contribution >= 4 is 0 Å². The lowest BCUT2D eigenvalue weighted by molar-refractivity contribution is 0.570. The van der Waals surface area contributed by atoms with Crippen LogP contribution >= 0.6 is 0 Å². The monoisotopic (exact) mass is 1090 g/mol. The van der Waals surface area contributed by atoms with Crippen LogP contribution in [0.2, 0.25) is 0 Å². The minimum absolute atomic E-state index is 0.0317. The third-order valence-electron chi connectivity index (χ3n) is 20.3. The lowest BCUT2D eigenvalue weighted by Gasteiger charge is -2.29. The fraction of sp³-hybridized carbons (Fsp3) is 0.176. The number of benzene rings is 11. The summed E-state index contributed by atoms with van der Waals surface area (Å²) in [5.74, 6) is 0.878. The van der Waals surface area contributed by atoms with Crippen LogP contribution in [0, 0.1) is 5.92 Å². The number of hydrogen-bond acceptors (Lipinski definition) is 0. The first-order chi connectivity index (χ1) is 41.4. The van der Waals surface area contributed by atoms with Crippen molar-refractivity contribution in [2.45, 2.75) is 87.9 Å². The van der Waals surface area contributed by atoms with E-state index in [0.29, 0.717) is 5.92 Å². The molecule has 2 atom stereocenters. The van der Waals surface area contributed by atoms with E-state index >= 15 is 0 Å². The molecule has 0 fully saturated rings. The highest BCUT2D eigenvalue weighted by molar-refractivity contribution is 5.85. The number of allylic oxidation sites excluding steroid dienone is 4. The molecule has 0 bridgehead atoms. The van der Waals surface area contributed by atoms with Gasteiger partial charge in [0.15, 0.2) is 0 Å². The smallest absolute Gasteiger partial charge is 0.0340 e. The Balaban J connectivity index is 0.852. The fourth-order valence-electron chi connectivity index (χ4n) is 15.9. The van der Waals surface area contributed by atoms with Gasteiger partial charge < -0.3 is 0 Å². The van der Waals surface area contributed by atoms with Gasteiger partial charge in [-0.3, -0.25) is 0 Å². The molecule has 4 aliphatic carbocycles. The van der Waals surface area contributed by atoms with Crippen molar-refractivity contribution in [3.05, 3.63) is 380 Å². The Kier molecular flexibility index (Phi) is 12.8. The largest absolute Gasteiger partial charge is 0.0839 e. The third kappa shape index (κ3) is 8.78. The molecular formula is C85H72. The molecule has 11 aromatic rings. The molecule has 0 amide bonds. The average molecular weight is 1090 g/mol. The molecule has 412 valence electrons. The van der Waals surface area contributed by atoms with Gasteiger partial charge in [-0.2, -0.15) is 0 Å². The van der Waals surface area contributed by atoms with Crippen LogP contribution < -0.4 is 0 Å². The predicted molar refractivity (Wildman–Crippen MR) is 355 cm³/mol. The van der Waals surface area contributed by atoms with Crippen LogP contribution in [-0.4, -0.2) is 0 Å². The molecule has 2 unspecified atom stereocenters. The molecule has 0 aliphatic heterocycles. The second-order valence-corrected chi connectivity index (χ2v) is 26.2. The summed E-state index contributed by atoms with van der Waals surface area (Å²) in [5, 5.41) is 0. The van der Waals surface area contributed by atoms with Crippen LogP contribution in [0.3, 0.4) is 0 Å². The van der Waals surface area contributed by atoms with Crippen molar-refractivity contribution in [1.29, 1.82) is 0 Å². The number of fused-ring (bicyclic) bond motifs is 9. The van der Waals surface area contributed by atoms with E-state index in [9.17, 15) is 0 Å². The number of hydrogen-bond donors (Lipinski definition) is 0. The zero-order valence-electron chi connectivity index (χ0n) is 49.7. The van der Waals surface area contributed by atoms with E-state index < -0.39 is 0 Å². The standard InChI is InChI=1S/C85H72/c1-83(2)73-49-61(79(55-25-13-7-14-26-55)56-27-15-8-16-28-56)37-43-67(73)70-46-40-64(52-76(70)83)82(65-41-47-71-68-44-38-62(50-74(68)84(3,4)77(71)53-65)80(57-29-17-9-18-30-57)58-31-19-10-20-32-58)66-42-48-72-69-45-39-63(51-75(69)85(5,6)78(72)54-66)81(59-33-21-11-22-34-59)60-35-23-12-24-36-60/h7-35,37-54,60,79-82H,36H2,1-6H3. The molecular weight excluding hydrogens is 1020 g/mol. The van der Waals surface area contributed by atoms with Crippen molar-refractivity contribution in [3.63, 3.8) is 0 Å². The molecule has 0 N–H and O–H groups in total. The van der Waals surface area contributed by atoms with E-state index in [0.717, 1.165) is 6.42 Å². The average Bonchev–Trinajstić information content (AvgIpc) is 1.76. The van der Waals surface area contributed by atoms with Crippen molar-refractivity contribution in [2.24, 2.45) is 5.92 Å². The minimum Gasteiger partial charge on any atom is -0.0839 e. The molecule has 0 saturated carbocycles. The highest BCUT2D eigenvalue weighted by Crippen LogP contribution is 2.56. The SMILES string of the molecule is CC1(C)c2cc(C(c3ccccc3)c3ccccc3)ccc2-c2ccc(C(c3ccc4c(c3)C(C)(C)c3cc(C(c5ccccc5)c5ccccc5)ccc3-4)c3ccc4c(c3)C(C)(C)c3cc(C(c5ccccc5)C5C=CC=CC5)ccc3-4)cc21. The number of rotatable bonds is 12. The van der Waals surface area contributed by atoms with E-state index in [1.165, 1.54) is 128 Å². The van der Waals surface area contributed by atoms with Gasteiger partial charge in [-0.1, -0.05) is 327 Å². The third-order valence-corrected chi connectivity index (χ3v) is 20.3. The van der Waals surface area contributed by atoms with Gasteiger partial charge in [-0.25, -0.2) is 0 Å². The zero-order valence-corrected chi connectivity index (χ0v) is 49.7. The van der Waals surface area contributed by atoms with Crippen molar-refractivity contribution in [3.8, 4) is 33.4 Å². The molecule has 0 nitrogen and oxygen atoms in total. The summed E-state index contributed by atoms with van der Waals surface area (Å²) in [6, 6.07) is 100. The molecule has 0 heteroatoms. The normalized spacial score (nSPS) is 16.4. The van der Waals surface area contributed by atoms with Crippen molar-refractivity contribution in [1.82, 2.24) is 0 Å². The van der Waals surface area contributed by atoms with Crippen LogP contribution in [-0.2, 0) is 16.2 Å². The van der Waals surface area contributed by atoms with Gasteiger partial charge in [0.2, 0.25) is 0 Å². The van der Waals surface area contributed by atoms with Crippen LogP contribution in [0.15, 0.2) is 285 Å². The summed E-state index contributed by atoms with van der Waals surface area (Å²) >= 11 is 0. The van der Waals surface area contributed by atoms with E-state index in [2.05, 4.69) is 327 Å². The molecule has 85 heavy (non-hydrogen) atoms. The van der Waals surface area contributed by atoms with Crippen LogP contribution in [0.1, 0.15) is 166 Å². The Labute approximate surface area is 504 Å². The summed E-state index contributed by atoms with van der Waals surface area (Å²) in [4.78, 5) is 0. The summed E-state index contributed by atoms with van der Waals surface area (Å²) in [6.45, 7) is 14.8. The fourth-order valence-corrected chi connectivity index (χ4v) is 15.9. The molecule has 0 radical (unpaired) electrons. The Morgan fingerprint density at radius 2 is 0.506 bits per heavy atom. The first-order valence-corrected chi connectivity index (χ1v) is 30.9. The Morgan fingerprint density at radius 1 is 0.259 bits per heavy atom. The summed E-state index contributed by atoms with van der Waals surface area (Å²) < 4.78 is 0. The van der Waals surface area contributed by atoms with Gasteiger partial charge in [-0.05, 0) is 140 Å². The van der Waals surface area contributed by atoms with Gasteiger partial charge in [0.05, 0.1) is 0 Å². The van der Waals surface area contributed by atoms with Gasteiger partial charge in [0, 0.05) is 39.9 Å². The second-order valence-electron chi connectivity index (χ2n) is 26.2. The first-order valence-electron chi connectivity index (χ1n) is 30.9. The Morgan fingerprint density at radius 3 is 0.776 bits per heavy atom. The Bertz CT molecular complexity index is 4130. The van der Waals surface area contributed by atoms with Gasteiger partial charge in [0.1, 0.15) is 0 Å². The van der Waals surface area contributed by atoms with Crippen molar-refractivity contribution < 1.29 is 0 Å². The van der Waals surface area contributed by atoms with E-state index in [4.69, 9.17) is 0 Å². The maximum Gasteiger partial charge on any atom is 0.0340 e. The topological polar surface area (TPSA) is 0 Å². The van der Waals surface area contributed by atoms with E-state index in [-0.39, 0.29) is 39.9 Å². The summed E-state index contributed by atoms with van der Waals surface area (Å²) in [5.41, 5.74) is 30.4. The minimum atomic E-state index is -0.240. The van der Waals surface area contributed by atoms with Crippen LogP contribution in [0.5, 0.6) is 0 Å². The maximum absolute atomic E-state index is 2.60. The zero-order chi connectivity index (χ0) is 57.6. The second kappa shape index (κ2) is 20.6. The van der Waals surface area contributed by atoms with E-state index in [1.807, 2.05) is 0 Å². The molecule has 0 saturated heterocycles. The Hall–Kier alpha value is -9.10. The lowest BCUT2D eigenvalue weighted by Crippen LogP contribution is -2.19. The van der Waals surface area contributed by atoms with Gasteiger partial charge >= 0.3 is 0 Å². The van der Waals surface area contributed by atoms with Gasteiger partial charge in [0.25, 0.3) is 0 Å².